The van der Waals surface area contributed by atoms with E-state index in [1.807, 2.05) is 23.2 Å². The lowest BCUT2D eigenvalue weighted by molar-refractivity contribution is 0.0518. The van der Waals surface area contributed by atoms with Crippen LogP contribution in [0, 0.1) is 11.6 Å². The Hall–Kier alpha value is -4.12. The molecule has 1 aromatic carbocycles. The molecule has 1 aliphatic heterocycles. The third-order valence-corrected chi connectivity index (χ3v) is 7.36. The number of fused-ring (bicyclic) bond motifs is 1. The number of carbonyl (C=O) groups is 1. The second-order valence-electron chi connectivity index (χ2n) is 10.4. The predicted molar refractivity (Wildman–Crippen MR) is 140 cm³/mol. The van der Waals surface area contributed by atoms with Gasteiger partial charge in [0.2, 0.25) is 0 Å². The Balaban J connectivity index is 1.38. The molecule has 3 aromatic heterocycles. The van der Waals surface area contributed by atoms with Gasteiger partial charge in [0.1, 0.15) is 28.9 Å². The summed E-state index contributed by atoms with van der Waals surface area (Å²) in [6.45, 7) is 2.33. The summed E-state index contributed by atoms with van der Waals surface area (Å²) in [6, 6.07) is 3.72. The van der Waals surface area contributed by atoms with Crippen molar-refractivity contribution in [3.05, 3.63) is 71.1 Å². The molecular formula is C29H26F2N6O3. The topological polar surface area (TPSA) is 105 Å². The summed E-state index contributed by atoms with van der Waals surface area (Å²) in [6.07, 6.45) is 9.98. The van der Waals surface area contributed by atoms with Gasteiger partial charge in [-0.3, -0.25) is 4.68 Å². The van der Waals surface area contributed by atoms with Gasteiger partial charge in [0.15, 0.2) is 17.2 Å². The van der Waals surface area contributed by atoms with Crippen LogP contribution >= 0.6 is 0 Å². The number of nitrogens with zero attached hydrogens (tertiary/aromatic N) is 6. The molecule has 7 rings (SSSR count). The lowest BCUT2D eigenvalue weighted by Crippen LogP contribution is -2.15. The summed E-state index contributed by atoms with van der Waals surface area (Å²) < 4.78 is 42.2. The molecule has 0 saturated heterocycles. The first-order valence-electron chi connectivity index (χ1n) is 13.6. The number of rotatable bonds is 7. The number of esters is 1. The summed E-state index contributed by atoms with van der Waals surface area (Å²) >= 11 is 0. The molecule has 2 fully saturated rings. The van der Waals surface area contributed by atoms with Gasteiger partial charge in [0.25, 0.3) is 0 Å². The normalized spacial score (nSPS) is 19.1. The highest BCUT2D eigenvalue weighted by Gasteiger charge is 2.33. The third-order valence-electron chi connectivity index (χ3n) is 7.36. The average Bonchev–Trinajstić information content (AvgIpc) is 3.91. The summed E-state index contributed by atoms with van der Waals surface area (Å²) in [5, 5.41) is 4.48. The smallest absolute Gasteiger partial charge is 0.358 e. The zero-order valence-electron chi connectivity index (χ0n) is 21.8. The fourth-order valence-corrected chi connectivity index (χ4v) is 4.99. The molecule has 4 heterocycles. The first-order chi connectivity index (χ1) is 19.5. The maximum atomic E-state index is 15.1. The molecule has 0 radical (unpaired) electrons. The van der Waals surface area contributed by atoms with Crippen LogP contribution in [0.1, 0.15) is 84.7 Å². The van der Waals surface area contributed by atoms with Gasteiger partial charge in [0.05, 0.1) is 31.1 Å². The molecule has 0 spiro atoms. The second kappa shape index (κ2) is 9.81. The van der Waals surface area contributed by atoms with Crippen LogP contribution in [-0.4, -0.2) is 48.9 Å². The summed E-state index contributed by atoms with van der Waals surface area (Å²) in [5.41, 5.74) is 2.90. The minimum absolute atomic E-state index is 0.0354. The zero-order valence-corrected chi connectivity index (χ0v) is 21.8. The molecule has 11 heteroatoms. The number of carbonyl (C=O) groups excluding carboxylic acids is 1. The highest BCUT2D eigenvalue weighted by Crippen LogP contribution is 2.42. The highest BCUT2D eigenvalue weighted by molar-refractivity contribution is 5.94. The standard InChI is InChI=1S/C29H26F2N6O3/c1-2-39-29(38)26-23(15-3-4-15)34-28-25(33-26)24(20-8-5-18(30)12-21(20)31)35-27(36-28)16-9-10-40-22(11-16)17-13-32-37(14-17)19-6-7-19/h5,8,11-15,19,22H,2-4,6-7,9-10H2,1H3/t22-/m1/s1. The summed E-state index contributed by atoms with van der Waals surface area (Å²) in [7, 11) is 0. The van der Waals surface area contributed by atoms with Crippen molar-refractivity contribution in [2.24, 2.45) is 0 Å². The van der Waals surface area contributed by atoms with E-state index in [9.17, 15) is 9.18 Å². The molecule has 0 bridgehead atoms. The number of hydrogen-bond donors (Lipinski definition) is 0. The first-order valence-corrected chi connectivity index (χ1v) is 13.6. The Morgan fingerprint density at radius 3 is 2.73 bits per heavy atom. The van der Waals surface area contributed by atoms with Crippen molar-refractivity contribution >= 4 is 22.7 Å². The van der Waals surface area contributed by atoms with Crippen LogP contribution in [0.25, 0.3) is 28.0 Å². The van der Waals surface area contributed by atoms with Gasteiger partial charge in [-0.15, -0.1) is 0 Å². The fourth-order valence-electron chi connectivity index (χ4n) is 4.99. The minimum atomic E-state index is -0.803. The van der Waals surface area contributed by atoms with Crippen molar-refractivity contribution in [1.82, 2.24) is 29.7 Å². The highest BCUT2D eigenvalue weighted by atomic mass is 19.1. The van der Waals surface area contributed by atoms with E-state index in [1.165, 1.54) is 6.07 Å². The van der Waals surface area contributed by atoms with E-state index in [0.717, 1.165) is 49.0 Å². The monoisotopic (exact) mass is 544 g/mol. The Labute approximate surface area is 228 Å². The molecule has 2 aliphatic carbocycles. The van der Waals surface area contributed by atoms with Gasteiger partial charge in [-0.1, -0.05) is 0 Å². The van der Waals surface area contributed by atoms with E-state index in [2.05, 4.69) is 10.1 Å². The van der Waals surface area contributed by atoms with Crippen LogP contribution < -0.4 is 0 Å². The van der Waals surface area contributed by atoms with Gasteiger partial charge in [0, 0.05) is 29.3 Å². The molecule has 9 nitrogen and oxygen atoms in total. The van der Waals surface area contributed by atoms with E-state index in [-0.39, 0.29) is 46.7 Å². The number of halogens is 2. The Morgan fingerprint density at radius 1 is 1.12 bits per heavy atom. The molecule has 1 atom stereocenters. The van der Waals surface area contributed by atoms with Gasteiger partial charge in [-0.25, -0.2) is 33.5 Å². The van der Waals surface area contributed by atoms with Gasteiger partial charge in [-0.05, 0) is 62.8 Å². The van der Waals surface area contributed by atoms with E-state index < -0.39 is 17.6 Å². The van der Waals surface area contributed by atoms with Crippen LogP contribution in [0.3, 0.4) is 0 Å². The van der Waals surface area contributed by atoms with Crippen molar-refractivity contribution in [2.75, 3.05) is 13.2 Å². The summed E-state index contributed by atoms with van der Waals surface area (Å²) in [5.74, 6) is -1.68. The van der Waals surface area contributed by atoms with Crippen LogP contribution in [0.4, 0.5) is 8.78 Å². The molecule has 40 heavy (non-hydrogen) atoms. The van der Waals surface area contributed by atoms with Crippen molar-refractivity contribution in [2.45, 2.75) is 57.1 Å². The van der Waals surface area contributed by atoms with Gasteiger partial charge in [-0.2, -0.15) is 5.10 Å². The van der Waals surface area contributed by atoms with E-state index in [4.69, 9.17) is 24.4 Å². The Bertz CT molecular complexity index is 1680. The van der Waals surface area contributed by atoms with Gasteiger partial charge < -0.3 is 9.47 Å². The lowest BCUT2D eigenvalue weighted by Gasteiger charge is -2.21. The summed E-state index contributed by atoms with van der Waals surface area (Å²) in [4.78, 5) is 31.6. The average molecular weight is 545 g/mol. The maximum Gasteiger partial charge on any atom is 0.358 e. The number of benzene rings is 1. The molecule has 3 aliphatic rings. The maximum absolute atomic E-state index is 15.1. The molecular weight excluding hydrogens is 518 g/mol. The third kappa shape index (κ3) is 4.64. The van der Waals surface area contributed by atoms with Crippen molar-refractivity contribution < 1.29 is 23.0 Å². The Morgan fingerprint density at radius 2 is 1.98 bits per heavy atom. The van der Waals surface area contributed by atoms with E-state index >= 15 is 4.39 Å². The first kappa shape index (κ1) is 24.9. The van der Waals surface area contributed by atoms with Crippen molar-refractivity contribution in [3.63, 3.8) is 0 Å². The molecule has 0 unspecified atom stereocenters. The van der Waals surface area contributed by atoms with Crippen LogP contribution in [0.2, 0.25) is 0 Å². The largest absolute Gasteiger partial charge is 0.461 e. The van der Waals surface area contributed by atoms with Crippen molar-refractivity contribution in [3.8, 4) is 11.3 Å². The molecule has 0 amide bonds. The minimum Gasteiger partial charge on any atom is -0.461 e. The van der Waals surface area contributed by atoms with Crippen LogP contribution in [-0.2, 0) is 9.47 Å². The molecule has 0 N–H and O–H groups in total. The second-order valence-corrected chi connectivity index (χ2v) is 10.4. The fraction of sp³-hybridized carbons (Fsp3) is 0.379. The predicted octanol–water partition coefficient (Wildman–Crippen LogP) is 5.50. The van der Waals surface area contributed by atoms with Crippen LogP contribution in [0.15, 0.2) is 36.7 Å². The number of aromatic nitrogens is 6. The van der Waals surface area contributed by atoms with Crippen molar-refractivity contribution in [1.29, 1.82) is 0 Å². The SMILES string of the molecule is CCOC(=O)c1nc2c(-c3ccc(F)cc3F)nc(C3=C[C@H](c4cnn(C5CC5)c4)OCC3)nc2nc1C1CC1. The van der Waals surface area contributed by atoms with E-state index in [0.29, 0.717) is 30.6 Å². The number of ether oxygens (including phenoxy) is 2. The lowest BCUT2D eigenvalue weighted by atomic mass is 10.0. The quantitative estimate of drug-likeness (QED) is 0.281. The molecule has 4 aromatic rings. The zero-order chi connectivity index (χ0) is 27.4. The molecule has 204 valence electrons. The van der Waals surface area contributed by atoms with E-state index in [1.54, 1.807) is 6.92 Å². The van der Waals surface area contributed by atoms with Crippen LogP contribution in [0.5, 0.6) is 0 Å². The number of hydrogen-bond acceptors (Lipinski definition) is 8. The van der Waals surface area contributed by atoms with Gasteiger partial charge >= 0.3 is 5.97 Å². The Kier molecular flexibility index (Phi) is 6.10. The molecule has 2 saturated carbocycles.